The standard InChI is InChI=1S/C13H13BrN2O3S/c1-19-12-7-6-9(14)8-13(12)20(17,18)16-11-5-3-2-4-10(11)15/h2-8,16H,15H2,1H3. The number of anilines is 2. The van der Waals surface area contributed by atoms with E-state index in [1.165, 1.54) is 13.2 Å². The molecule has 2 aromatic rings. The zero-order chi connectivity index (χ0) is 14.8. The van der Waals surface area contributed by atoms with Crippen LogP contribution in [0.2, 0.25) is 0 Å². The van der Waals surface area contributed by atoms with E-state index in [1.54, 1.807) is 36.4 Å². The van der Waals surface area contributed by atoms with Crippen LogP contribution in [-0.4, -0.2) is 15.5 Å². The molecule has 20 heavy (non-hydrogen) atoms. The molecule has 0 saturated heterocycles. The molecule has 0 aliphatic heterocycles. The first kappa shape index (κ1) is 14.7. The van der Waals surface area contributed by atoms with Crippen LogP contribution in [0.5, 0.6) is 5.75 Å². The summed E-state index contributed by atoms with van der Waals surface area (Å²) >= 11 is 3.25. The predicted octanol–water partition coefficient (Wildman–Crippen LogP) is 2.84. The summed E-state index contributed by atoms with van der Waals surface area (Å²) in [5, 5.41) is 0. The predicted molar refractivity (Wildman–Crippen MR) is 82.4 cm³/mol. The fraction of sp³-hybridized carbons (Fsp3) is 0.0769. The van der Waals surface area contributed by atoms with Gasteiger partial charge in [-0.3, -0.25) is 4.72 Å². The third kappa shape index (κ3) is 3.05. The maximum Gasteiger partial charge on any atom is 0.265 e. The van der Waals surface area contributed by atoms with Gasteiger partial charge in [-0.15, -0.1) is 0 Å². The summed E-state index contributed by atoms with van der Waals surface area (Å²) in [6, 6.07) is 11.4. The van der Waals surface area contributed by atoms with Crippen LogP contribution >= 0.6 is 15.9 Å². The molecule has 0 amide bonds. The van der Waals surface area contributed by atoms with Gasteiger partial charge in [0.15, 0.2) is 0 Å². The Balaban J connectivity index is 2.46. The van der Waals surface area contributed by atoms with Gasteiger partial charge in [-0.2, -0.15) is 0 Å². The lowest BCUT2D eigenvalue weighted by molar-refractivity contribution is 0.403. The van der Waals surface area contributed by atoms with E-state index in [0.717, 1.165) is 0 Å². The van der Waals surface area contributed by atoms with Crippen molar-refractivity contribution in [2.24, 2.45) is 0 Å². The quantitative estimate of drug-likeness (QED) is 0.825. The summed E-state index contributed by atoms with van der Waals surface area (Å²) in [6.45, 7) is 0. The summed E-state index contributed by atoms with van der Waals surface area (Å²) in [5.41, 5.74) is 6.42. The van der Waals surface area contributed by atoms with Crippen molar-refractivity contribution >= 4 is 37.3 Å². The topological polar surface area (TPSA) is 81.4 Å². The zero-order valence-corrected chi connectivity index (χ0v) is 13.0. The number of hydrogen-bond acceptors (Lipinski definition) is 4. The van der Waals surface area contributed by atoms with Crippen LogP contribution in [0.4, 0.5) is 11.4 Å². The number of methoxy groups -OCH3 is 1. The monoisotopic (exact) mass is 356 g/mol. The fourth-order valence-electron chi connectivity index (χ4n) is 1.65. The van der Waals surface area contributed by atoms with Gasteiger partial charge in [0.25, 0.3) is 10.0 Å². The van der Waals surface area contributed by atoms with Gasteiger partial charge < -0.3 is 10.5 Å². The van der Waals surface area contributed by atoms with Gasteiger partial charge in [-0.1, -0.05) is 28.1 Å². The maximum atomic E-state index is 12.4. The van der Waals surface area contributed by atoms with Crippen LogP contribution in [0.25, 0.3) is 0 Å². The molecular weight excluding hydrogens is 344 g/mol. The van der Waals surface area contributed by atoms with E-state index < -0.39 is 10.0 Å². The maximum absolute atomic E-state index is 12.4. The fourth-order valence-corrected chi connectivity index (χ4v) is 3.45. The third-order valence-corrected chi connectivity index (χ3v) is 4.50. The van der Waals surface area contributed by atoms with Gasteiger partial charge >= 0.3 is 0 Å². The largest absolute Gasteiger partial charge is 0.495 e. The molecule has 2 rings (SSSR count). The van der Waals surface area contributed by atoms with Crippen LogP contribution in [0, 0.1) is 0 Å². The molecule has 0 aromatic heterocycles. The highest BCUT2D eigenvalue weighted by atomic mass is 79.9. The van der Waals surface area contributed by atoms with E-state index in [1.807, 2.05) is 0 Å². The van der Waals surface area contributed by atoms with Crippen LogP contribution in [0.3, 0.4) is 0 Å². The van der Waals surface area contributed by atoms with Crippen molar-refractivity contribution in [3.8, 4) is 5.75 Å². The number of sulfonamides is 1. The summed E-state index contributed by atoms with van der Waals surface area (Å²) in [5.74, 6) is 0.259. The van der Waals surface area contributed by atoms with Crippen molar-refractivity contribution in [2.75, 3.05) is 17.6 Å². The first-order valence-electron chi connectivity index (χ1n) is 5.65. The molecular formula is C13H13BrN2O3S. The smallest absolute Gasteiger partial charge is 0.265 e. The Labute approximate surface area is 125 Å². The van der Waals surface area contributed by atoms with Crippen LogP contribution < -0.4 is 15.2 Å². The summed E-state index contributed by atoms with van der Waals surface area (Å²) in [7, 11) is -2.37. The molecule has 5 nitrogen and oxygen atoms in total. The van der Waals surface area contributed by atoms with E-state index in [0.29, 0.717) is 15.8 Å². The highest BCUT2D eigenvalue weighted by Gasteiger charge is 2.20. The molecule has 0 aliphatic rings. The van der Waals surface area contributed by atoms with E-state index in [4.69, 9.17) is 10.5 Å². The van der Waals surface area contributed by atoms with Gasteiger partial charge in [0.2, 0.25) is 0 Å². The van der Waals surface area contributed by atoms with Crippen molar-refractivity contribution in [2.45, 2.75) is 4.90 Å². The Morgan fingerprint density at radius 2 is 1.90 bits per heavy atom. The average molecular weight is 357 g/mol. The molecule has 0 aliphatic carbocycles. The molecule has 106 valence electrons. The Kier molecular flexibility index (Phi) is 4.20. The van der Waals surface area contributed by atoms with Crippen LogP contribution in [0.15, 0.2) is 51.8 Å². The van der Waals surface area contributed by atoms with Crippen molar-refractivity contribution in [1.29, 1.82) is 0 Å². The Morgan fingerprint density at radius 1 is 1.20 bits per heavy atom. The lowest BCUT2D eigenvalue weighted by atomic mass is 10.3. The molecule has 0 radical (unpaired) electrons. The number of nitrogens with two attached hydrogens (primary N) is 1. The van der Waals surface area contributed by atoms with Gasteiger partial charge in [0.1, 0.15) is 10.6 Å². The Bertz CT molecular complexity index is 732. The molecule has 0 fully saturated rings. The minimum Gasteiger partial charge on any atom is -0.495 e. The van der Waals surface area contributed by atoms with Gasteiger partial charge in [-0.05, 0) is 30.3 Å². The molecule has 0 heterocycles. The van der Waals surface area contributed by atoms with Crippen LogP contribution in [-0.2, 0) is 10.0 Å². The minimum atomic E-state index is -3.79. The first-order chi connectivity index (χ1) is 9.44. The molecule has 3 N–H and O–H groups in total. The Morgan fingerprint density at radius 3 is 2.55 bits per heavy atom. The highest BCUT2D eigenvalue weighted by Crippen LogP contribution is 2.30. The second-order valence-electron chi connectivity index (χ2n) is 3.99. The van der Waals surface area contributed by atoms with Crippen molar-refractivity contribution in [3.05, 3.63) is 46.9 Å². The first-order valence-corrected chi connectivity index (χ1v) is 7.92. The second-order valence-corrected chi connectivity index (χ2v) is 6.55. The number of ether oxygens (including phenoxy) is 1. The van der Waals surface area contributed by atoms with Crippen molar-refractivity contribution in [3.63, 3.8) is 0 Å². The Hall–Kier alpha value is -1.73. The van der Waals surface area contributed by atoms with Crippen molar-refractivity contribution in [1.82, 2.24) is 0 Å². The number of halogens is 1. The lowest BCUT2D eigenvalue weighted by Gasteiger charge is -2.13. The molecule has 2 aromatic carbocycles. The molecule has 0 saturated carbocycles. The minimum absolute atomic E-state index is 0.0395. The lowest BCUT2D eigenvalue weighted by Crippen LogP contribution is -2.15. The summed E-state index contributed by atoms with van der Waals surface area (Å²) < 4.78 is 33.0. The molecule has 7 heteroatoms. The number of benzene rings is 2. The van der Waals surface area contributed by atoms with Crippen molar-refractivity contribution < 1.29 is 13.2 Å². The second kappa shape index (κ2) is 5.72. The third-order valence-electron chi connectivity index (χ3n) is 2.62. The number of para-hydroxylation sites is 2. The summed E-state index contributed by atoms with van der Waals surface area (Å²) in [6.07, 6.45) is 0. The molecule has 0 unspecified atom stereocenters. The van der Waals surface area contributed by atoms with Gasteiger partial charge in [0, 0.05) is 4.47 Å². The number of rotatable bonds is 4. The number of hydrogen-bond donors (Lipinski definition) is 2. The molecule has 0 bridgehead atoms. The van der Waals surface area contributed by atoms with E-state index in [9.17, 15) is 8.42 Å². The SMILES string of the molecule is COc1ccc(Br)cc1S(=O)(=O)Nc1ccccc1N. The van der Waals surface area contributed by atoms with Gasteiger partial charge in [-0.25, -0.2) is 8.42 Å². The van der Waals surface area contributed by atoms with Gasteiger partial charge in [0.05, 0.1) is 18.5 Å². The average Bonchev–Trinajstić information content (AvgIpc) is 2.41. The molecule has 0 atom stereocenters. The normalized spacial score (nSPS) is 11.1. The highest BCUT2D eigenvalue weighted by molar-refractivity contribution is 9.10. The van der Waals surface area contributed by atoms with Crippen LogP contribution in [0.1, 0.15) is 0 Å². The number of nitrogens with one attached hydrogen (secondary N) is 1. The molecule has 0 spiro atoms. The van der Waals surface area contributed by atoms with E-state index >= 15 is 0 Å². The van der Waals surface area contributed by atoms with E-state index in [2.05, 4.69) is 20.7 Å². The van der Waals surface area contributed by atoms with E-state index in [-0.39, 0.29) is 10.6 Å². The number of nitrogen functional groups attached to an aromatic ring is 1. The zero-order valence-electron chi connectivity index (χ0n) is 10.6. The summed E-state index contributed by atoms with van der Waals surface area (Å²) in [4.78, 5) is 0.0395.